The van der Waals surface area contributed by atoms with Gasteiger partial charge in [0.15, 0.2) is 0 Å². The average Bonchev–Trinajstić information content (AvgIpc) is 2.41. The molecule has 1 nitrogen and oxygen atoms in total. The number of benzene rings is 1. The van der Waals surface area contributed by atoms with Crippen molar-refractivity contribution in [2.45, 2.75) is 26.7 Å². The molecule has 0 aliphatic carbocycles. The fourth-order valence-corrected chi connectivity index (χ4v) is 1.94. The SMILES string of the molecule is CCC/C=C/c1ccc(C)cc1-c1ccccn1. The second-order valence-electron chi connectivity index (χ2n) is 4.50. The van der Waals surface area contributed by atoms with E-state index in [0.29, 0.717) is 0 Å². The number of hydrogen-bond acceptors (Lipinski definition) is 1. The van der Waals surface area contributed by atoms with Gasteiger partial charge in [-0.15, -0.1) is 0 Å². The number of aromatic nitrogens is 1. The fourth-order valence-electron chi connectivity index (χ4n) is 1.94. The van der Waals surface area contributed by atoms with Crippen LogP contribution in [0.25, 0.3) is 17.3 Å². The molecule has 1 aromatic carbocycles. The van der Waals surface area contributed by atoms with Crippen molar-refractivity contribution in [3.8, 4) is 11.3 Å². The Morgan fingerprint density at radius 2 is 2.06 bits per heavy atom. The molecule has 1 heteroatoms. The minimum Gasteiger partial charge on any atom is -0.256 e. The van der Waals surface area contributed by atoms with Gasteiger partial charge in [0.05, 0.1) is 5.69 Å². The van der Waals surface area contributed by atoms with Gasteiger partial charge in [0.1, 0.15) is 0 Å². The first kappa shape index (κ1) is 12.6. The maximum Gasteiger partial charge on any atom is 0.0708 e. The van der Waals surface area contributed by atoms with Crippen molar-refractivity contribution in [3.05, 3.63) is 59.8 Å². The molecule has 0 N–H and O–H groups in total. The molecule has 0 saturated heterocycles. The van der Waals surface area contributed by atoms with Crippen LogP contribution in [0.1, 0.15) is 30.9 Å². The van der Waals surface area contributed by atoms with E-state index in [4.69, 9.17) is 0 Å². The van der Waals surface area contributed by atoms with Gasteiger partial charge < -0.3 is 0 Å². The van der Waals surface area contributed by atoms with Crippen LogP contribution in [0, 0.1) is 6.92 Å². The molecule has 0 atom stereocenters. The first-order chi connectivity index (χ1) is 8.81. The molecule has 0 radical (unpaired) electrons. The average molecular weight is 237 g/mol. The summed E-state index contributed by atoms with van der Waals surface area (Å²) in [4.78, 5) is 4.45. The molecule has 92 valence electrons. The van der Waals surface area contributed by atoms with Gasteiger partial charge in [-0.3, -0.25) is 4.98 Å². The van der Waals surface area contributed by atoms with Gasteiger partial charge in [-0.1, -0.05) is 49.3 Å². The van der Waals surface area contributed by atoms with Crippen molar-refractivity contribution in [1.82, 2.24) is 4.98 Å². The first-order valence-corrected chi connectivity index (χ1v) is 6.50. The van der Waals surface area contributed by atoms with Crippen LogP contribution in [0.2, 0.25) is 0 Å². The summed E-state index contributed by atoms with van der Waals surface area (Å²) in [6.07, 6.45) is 8.58. The van der Waals surface area contributed by atoms with E-state index in [0.717, 1.165) is 12.1 Å². The zero-order valence-corrected chi connectivity index (χ0v) is 11.1. The normalized spacial score (nSPS) is 11.0. The number of nitrogens with zero attached hydrogens (tertiary/aromatic N) is 1. The van der Waals surface area contributed by atoms with Gasteiger partial charge in [0, 0.05) is 11.8 Å². The smallest absolute Gasteiger partial charge is 0.0708 e. The molecule has 0 fully saturated rings. The molecule has 0 spiro atoms. The molecular weight excluding hydrogens is 218 g/mol. The van der Waals surface area contributed by atoms with Crippen molar-refractivity contribution in [2.75, 3.05) is 0 Å². The van der Waals surface area contributed by atoms with Crippen LogP contribution in [0.15, 0.2) is 48.7 Å². The largest absolute Gasteiger partial charge is 0.256 e. The number of rotatable bonds is 4. The van der Waals surface area contributed by atoms with E-state index in [1.807, 2.05) is 18.3 Å². The van der Waals surface area contributed by atoms with Crippen molar-refractivity contribution < 1.29 is 0 Å². The van der Waals surface area contributed by atoms with E-state index >= 15 is 0 Å². The molecule has 0 saturated carbocycles. The second kappa shape index (κ2) is 6.15. The Morgan fingerprint density at radius 3 is 2.78 bits per heavy atom. The molecule has 2 aromatic rings. The van der Waals surface area contributed by atoms with Crippen LogP contribution in [0.3, 0.4) is 0 Å². The van der Waals surface area contributed by atoms with Crippen molar-refractivity contribution in [2.24, 2.45) is 0 Å². The zero-order chi connectivity index (χ0) is 12.8. The van der Waals surface area contributed by atoms with E-state index in [9.17, 15) is 0 Å². The summed E-state index contributed by atoms with van der Waals surface area (Å²) in [5.41, 5.74) is 4.76. The maximum absolute atomic E-state index is 4.45. The lowest BCUT2D eigenvalue weighted by Gasteiger charge is -2.07. The lowest BCUT2D eigenvalue weighted by molar-refractivity contribution is 0.962. The molecule has 1 heterocycles. The quantitative estimate of drug-likeness (QED) is 0.739. The highest BCUT2D eigenvalue weighted by atomic mass is 14.7. The third kappa shape index (κ3) is 3.07. The zero-order valence-electron chi connectivity index (χ0n) is 11.1. The van der Waals surface area contributed by atoms with Crippen molar-refractivity contribution in [1.29, 1.82) is 0 Å². The Hall–Kier alpha value is -1.89. The highest BCUT2D eigenvalue weighted by Gasteiger charge is 2.03. The minimum absolute atomic E-state index is 1.04. The number of pyridine rings is 1. The monoisotopic (exact) mass is 237 g/mol. The minimum atomic E-state index is 1.04. The van der Waals surface area contributed by atoms with Crippen molar-refractivity contribution in [3.63, 3.8) is 0 Å². The van der Waals surface area contributed by atoms with E-state index in [1.54, 1.807) is 0 Å². The summed E-state index contributed by atoms with van der Waals surface area (Å²) >= 11 is 0. The summed E-state index contributed by atoms with van der Waals surface area (Å²) in [6, 6.07) is 12.6. The van der Waals surface area contributed by atoms with E-state index in [2.05, 4.69) is 55.2 Å². The van der Waals surface area contributed by atoms with Crippen LogP contribution in [0.4, 0.5) is 0 Å². The Labute approximate surface area is 109 Å². The second-order valence-corrected chi connectivity index (χ2v) is 4.50. The summed E-state index contributed by atoms with van der Waals surface area (Å²) in [5.74, 6) is 0. The topological polar surface area (TPSA) is 12.9 Å². The Bertz CT molecular complexity index is 527. The maximum atomic E-state index is 4.45. The predicted molar refractivity (Wildman–Crippen MR) is 78.4 cm³/mol. The molecule has 0 bridgehead atoms. The number of allylic oxidation sites excluding steroid dienone is 1. The van der Waals surface area contributed by atoms with E-state index in [1.165, 1.54) is 23.1 Å². The van der Waals surface area contributed by atoms with Crippen LogP contribution in [0.5, 0.6) is 0 Å². The molecule has 2 rings (SSSR count). The number of aryl methyl sites for hydroxylation is 1. The molecular formula is C17H19N. The molecule has 0 unspecified atom stereocenters. The summed E-state index contributed by atoms with van der Waals surface area (Å²) in [5, 5.41) is 0. The third-order valence-corrected chi connectivity index (χ3v) is 2.90. The molecule has 1 aromatic heterocycles. The van der Waals surface area contributed by atoms with Gasteiger partial charge in [-0.25, -0.2) is 0 Å². The van der Waals surface area contributed by atoms with Gasteiger partial charge >= 0.3 is 0 Å². The Balaban J connectivity index is 2.41. The van der Waals surface area contributed by atoms with Crippen LogP contribution >= 0.6 is 0 Å². The summed E-state index contributed by atoms with van der Waals surface area (Å²) < 4.78 is 0. The summed E-state index contributed by atoms with van der Waals surface area (Å²) in [6.45, 7) is 4.31. The van der Waals surface area contributed by atoms with E-state index in [-0.39, 0.29) is 0 Å². The Morgan fingerprint density at radius 1 is 1.17 bits per heavy atom. The van der Waals surface area contributed by atoms with Gasteiger partial charge in [0.2, 0.25) is 0 Å². The summed E-state index contributed by atoms with van der Waals surface area (Å²) in [7, 11) is 0. The Kier molecular flexibility index (Phi) is 4.30. The first-order valence-electron chi connectivity index (χ1n) is 6.50. The standard InChI is InChI=1S/C17H19N/c1-3-4-5-8-15-11-10-14(2)13-16(15)17-9-6-7-12-18-17/h5-13H,3-4H2,1-2H3/b8-5+. The van der Waals surface area contributed by atoms with Gasteiger partial charge in [-0.05, 0) is 37.1 Å². The number of hydrogen-bond donors (Lipinski definition) is 0. The molecule has 0 aliphatic rings. The molecule has 18 heavy (non-hydrogen) atoms. The van der Waals surface area contributed by atoms with Crippen molar-refractivity contribution >= 4 is 6.08 Å². The lowest BCUT2D eigenvalue weighted by atomic mass is 10.0. The molecule has 0 aliphatic heterocycles. The fraction of sp³-hybridized carbons (Fsp3) is 0.235. The highest BCUT2D eigenvalue weighted by molar-refractivity contribution is 5.73. The van der Waals surface area contributed by atoms with Crippen LogP contribution in [-0.4, -0.2) is 4.98 Å². The van der Waals surface area contributed by atoms with Gasteiger partial charge in [-0.2, -0.15) is 0 Å². The number of unbranched alkanes of at least 4 members (excludes halogenated alkanes) is 1. The van der Waals surface area contributed by atoms with Crippen LogP contribution < -0.4 is 0 Å². The predicted octanol–water partition coefficient (Wildman–Crippen LogP) is 4.87. The highest BCUT2D eigenvalue weighted by Crippen LogP contribution is 2.24. The van der Waals surface area contributed by atoms with Gasteiger partial charge in [0.25, 0.3) is 0 Å². The van der Waals surface area contributed by atoms with Crippen LogP contribution in [-0.2, 0) is 0 Å². The third-order valence-electron chi connectivity index (χ3n) is 2.90. The molecule has 0 amide bonds. The van der Waals surface area contributed by atoms with E-state index < -0.39 is 0 Å². The lowest BCUT2D eigenvalue weighted by Crippen LogP contribution is -1.87.